The molecule has 0 saturated carbocycles. The molecular weight excluding hydrogens is 360 g/mol. The minimum absolute atomic E-state index is 0.130. The lowest BCUT2D eigenvalue weighted by atomic mass is 10.2. The van der Waals surface area contributed by atoms with E-state index in [1.807, 2.05) is 60.4 Å². The summed E-state index contributed by atoms with van der Waals surface area (Å²) in [4.78, 5) is 19.5. The number of ether oxygens (including phenoxy) is 1. The molecule has 27 heavy (non-hydrogen) atoms. The molecule has 1 aliphatic rings. The quantitative estimate of drug-likeness (QED) is 0.750. The van der Waals surface area contributed by atoms with Crippen LogP contribution < -0.4 is 10.2 Å². The van der Waals surface area contributed by atoms with Crippen molar-refractivity contribution in [1.29, 1.82) is 0 Å². The van der Waals surface area contributed by atoms with Gasteiger partial charge in [-0.15, -0.1) is 11.3 Å². The van der Waals surface area contributed by atoms with Crippen molar-refractivity contribution in [2.45, 2.75) is 6.92 Å². The van der Waals surface area contributed by atoms with Gasteiger partial charge in [-0.05, 0) is 37.3 Å². The highest BCUT2D eigenvalue weighted by molar-refractivity contribution is 7.09. The summed E-state index contributed by atoms with van der Waals surface area (Å²) in [5.41, 5.74) is 4.39. The Bertz CT molecular complexity index is 939. The fraction of sp³-hybridized carbons (Fsp3) is 0.300. The first-order chi connectivity index (χ1) is 13.1. The number of benzene rings is 1. The van der Waals surface area contributed by atoms with Crippen LogP contribution in [0, 0.1) is 6.92 Å². The number of hydrogen-bond acceptors (Lipinski definition) is 5. The molecule has 0 bridgehead atoms. The van der Waals surface area contributed by atoms with Crippen LogP contribution in [-0.2, 0) is 11.8 Å². The van der Waals surface area contributed by atoms with Crippen molar-refractivity contribution in [3.63, 3.8) is 0 Å². The fourth-order valence-electron chi connectivity index (χ4n) is 3.20. The molecular formula is C20H22N4O2S. The second-order valence-electron chi connectivity index (χ2n) is 6.58. The molecule has 3 aromatic rings. The monoisotopic (exact) mass is 382 g/mol. The maximum absolute atomic E-state index is 12.7. The average molecular weight is 382 g/mol. The zero-order chi connectivity index (χ0) is 18.8. The Morgan fingerprint density at radius 3 is 2.63 bits per heavy atom. The van der Waals surface area contributed by atoms with Crippen molar-refractivity contribution in [1.82, 2.24) is 9.55 Å². The summed E-state index contributed by atoms with van der Waals surface area (Å²) >= 11 is 1.61. The molecule has 6 nitrogen and oxygen atoms in total. The summed E-state index contributed by atoms with van der Waals surface area (Å²) in [5.74, 6) is -0.130. The van der Waals surface area contributed by atoms with Crippen molar-refractivity contribution in [3.8, 4) is 11.3 Å². The number of carbonyl (C=O) groups is 1. The normalized spacial score (nSPS) is 14.4. The fourth-order valence-corrected chi connectivity index (χ4v) is 3.82. The van der Waals surface area contributed by atoms with Crippen molar-refractivity contribution in [3.05, 3.63) is 52.6 Å². The van der Waals surface area contributed by atoms with Gasteiger partial charge in [0.05, 0.1) is 23.9 Å². The van der Waals surface area contributed by atoms with E-state index >= 15 is 0 Å². The number of aromatic nitrogens is 2. The third-order valence-electron chi connectivity index (χ3n) is 4.65. The molecule has 1 aromatic carbocycles. The summed E-state index contributed by atoms with van der Waals surface area (Å²) < 4.78 is 7.22. The third kappa shape index (κ3) is 3.89. The minimum atomic E-state index is -0.130. The summed E-state index contributed by atoms with van der Waals surface area (Å²) in [7, 11) is 1.87. The van der Waals surface area contributed by atoms with Crippen molar-refractivity contribution in [2.75, 3.05) is 36.5 Å². The minimum Gasteiger partial charge on any atom is -0.378 e. The SMILES string of the molecule is Cc1nc(-c2cc(C(=O)Nc3ccc(N4CCOCC4)cc3)n(C)c2)cs1. The number of nitrogens with one attached hydrogen (secondary N) is 1. The molecule has 140 valence electrons. The lowest BCUT2D eigenvalue weighted by Crippen LogP contribution is -2.36. The second-order valence-corrected chi connectivity index (χ2v) is 7.64. The molecule has 0 spiro atoms. The summed E-state index contributed by atoms with van der Waals surface area (Å²) in [5, 5.41) is 6.00. The van der Waals surface area contributed by atoms with Gasteiger partial charge in [-0.2, -0.15) is 0 Å². The van der Waals surface area contributed by atoms with Crippen LogP contribution in [0.25, 0.3) is 11.3 Å². The number of hydrogen-bond donors (Lipinski definition) is 1. The Balaban J connectivity index is 1.46. The highest BCUT2D eigenvalue weighted by Crippen LogP contribution is 2.24. The Hall–Kier alpha value is -2.64. The number of nitrogens with zero attached hydrogens (tertiary/aromatic N) is 3. The van der Waals surface area contributed by atoms with E-state index in [4.69, 9.17) is 4.74 Å². The molecule has 2 aromatic heterocycles. The van der Waals surface area contributed by atoms with Crippen LogP contribution in [0.3, 0.4) is 0 Å². The molecule has 1 amide bonds. The Labute approximate surface area is 162 Å². The molecule has 0 unspecified atom stereocenters. The average Bonchev–Trinajstić information content (AvgIpc) is 3.29. The second kappa shape index (κ2) is 7.54. The van der Waals surface area contributed by atoms with Crippen LogP contribution in [0.2, 0.25) is 0 Å². The Morgan fingerprint density at radius 1 is 1.22 bits per heavy atom. The molecule has 4 rings (SSSR count). The summed E-state index contributed by atoms with van der Waals surface area (Å²) in [6.07, 6.45) is 1.94. The van der Waals surface area contributed by atoms with E-state index < -0.39 is 0 Å². The van der Waals surface area contributed by atoms with Gasteiger partial charge in [0.2, 0.25) is 0 Å². The molecule has 0 radical (unpaired) electrons. The van der Waals surface area contributed by atoms with E-state index in [9.17, 15) is 4.79 Å². The maximum Gasteiger partial charge on any atom is 0.272 e. The van der Waals surface area contributed by atoms with Gasteiger partial charge in [0.25, 0.3) is 5.91 Å². The molecule has 7 heteroatoms. The highest BCUT2D eigenvalue weighted by Gasteiger charge is 2.15. The van der Waals surface area contributed by atoms with E-state index in [1.54, 1.807) is 11.3 Å². The predicted octanol–water partition coefficient (Wildman–Crippen LogP) is 3.55. The molecule has 1 fully saturated rings. The number of aryl methyl sites for hydroxylation is 2. The van der Waals surface area contributed by atoms with Crippen LogP contribution in [0.15, 0.2) is 41.9 Å². The molecule has 0 aliphatic carbocycles. The number of morpholine rings is 1. The van der Waals surface area contributed by atoms with Crippen LogP contribution in [0.5, 0.6) is 0 Å². The summed E-state index contributed by atoms with van der Waals surface area (Å²) in [6, 6.07) is 9.84. The number of amides is 1. The third-order valence-corrected chi connectivity index (χ3v) is 5.43. The first-order valence-electron chi connectivity index (χ1n) is 8.93. The molecule has 0 atom stereocenters. The van der Waals surface area contributed by atoms with E-state index in [2.05, 4.69) is 15.2 Å². The number of anilines is 2. The van der Waals surface area contributed by atoms with Gasteiger partial charge in [0.15, 0.2) is 0 Å². The topological polar surface area (TPSA) is 59.4 Å². The highest BCUT2D eigenvalue weighted by atomic mass is 32.1. The molecule has 1 saturated heterocycles. The first-order valence-corrected chi connectivity index (χ1v) is 9.81. The number of thiazole rings is 1. The molecule has 1 N–H and O–H groups in total. The van der Waals surface area contributed by atoms with E-state index in [1.165, 1.54) is 0 Å². The standard InChI is InChI=1S/C20H22N4O2S/c1-14-21-18(13-27-14)15-11-19(23(2)12-15)20(25)22-16-3-5-17(6-4-16)24-7-9-26-10-8-24/h3-6,11-13H,7-10H2,1-2H3,(H,22,25). The molecule has 3 heterocycles. The van der Waals surface area contributed by atoms with Gasteiger partial charge in [-0.1, -0.05) is 0 Å². The number of carbonyl (C=O) groups excluding carboxylic acids is 1. The lowest BCUT2D eigenvalue weighted by Gasteiger charge is -2.28. The first kappa shape index (κ1) is 17.8. The maximum atomic E-state index is 12.7. The van der Waals surface area contributed by atoms with Crippen molar-refractivity contribution in [2.24, 2.45) is 7.05 Å². The van der Waals surface area contributed by atoms with Crippen LogP contribution in [-0.4, -0.2) is 41.8 Å². The van der Waals surface area contributed by atoms with E-state index in [0.29, 0.717) is 5.69 Å². The van der Waals surface area contributed by atoms with Crippen LogP contribution in [0.4, 0.5) is 11.4 Å². The zero-order valence-electron chi connectivity index (χ0n) is 15.4. The van der Waals surface area contributed by atoms with Crippen LogP contribution in [0.1, 0.15) is 15.5 Å². The predicted molar refractivity (Wildman–Crippen MR) is 109 cm³/mol. The van der Waals surface area contributed by atoms with Gasteiger partial charge in [-0.3, -0.25) is 4.79 Å². The van der Waals surface area contributed by atoms with Gasteiger partial charge in [0, 0.05) is 48.7 Å². The van der Waals surface area contributed by atoms with Gasteiger partial charge in [0.1, 0.15) is 5.69 Å². The van der Waals surface area contributed by atoms with Crippen molar-refractivity contribution >= 4 is 28.6 Å². The Kier molecular flexibility index (Phi) is 4.96. The van der Waals surface area contributed by atoms with E-state index in [-0.39, 0.29) is 5.91 Å². The summed E-state index contributed by atoms with van der Waals surface area (Å²) in [6.45, 7) is 5.28. The van der Waals surface area contributed by atoms with Gasteiger partial charge >= 0.3 is 0 Å². The van der Waals surface area contributed by atoms with Gasteiger partial charge in [-0.25, -0.2) is 4.98 Å². The Morgan fingerprint density at radius 2 is 1.96 bits per heavy atom. The zero-order valence-corrected chi connectivity index (χ0v) is 16.3. The smallest absolute Gasteiger partial charge is 0.272 e. The lowest BCUT2D eigenvalue weighted by molar-refractivity contribution is 0.101. The van der Waals surface area contributed by atoms with Crippen molar-refractivity contribution < 1.29 is 9.53 Å². The number of rotatable bonds is 4. The molecule has 1 aliphatic heterocycles. The largest absolute Gasteiger partial charge is 0.378 e. The van der Waals surface area contributed by atoms with Gasteiger partial charge < -0.3 is 19.5 Å². The van der Waals surface area contributed by atoms with Crippen LogP contribution >= 0.6 is 11.3 Å². The van der Waals surface area contributed by atoms with E-state index in [0.717, 1.165) is 53.9 Å².